The Bertz CT molecular complexity index is 652. The van der Waals surface area contributed by atoms with Crippen LogP contribution >= 0.6 is 11.8 Å². The molecule has 120 valence electrons. The zero-order valence-corrected chi connectivity index (χ0v) is 13.6. The molecular weight excluding hydrogens is 312 g/mol. The van der Waals surface area contributed by atoms with Crippen LogP contribution in [0.4, 0.5) is 0 Å². The van der Waals surface area contributed by atoms with Gasteiger partial charge in [-0.05, 0) is 29.8 Å². The molecule has 4 nitrogen and oxygen atoms in total. The Labute approximate surface area is 139 Å². The third-order valence-corrected chi connectivity index (χ3v) is 4.62. The quantitative estimate of drug-likeness (QED) is 0.749. The van der Waals surface area contributed by atoms with Crippen molar-refractivity contribution in [3.63, 3.8) is 0 Å². The van der Waals surface area contributed by atoms with E-state index >= 15 is 0 Å². The van der Waals surface area contributed by atoms with Crippen LogP contribution in [0.1, 0.15) is 22.3 Å². The fourth-order valence-corrected chi connectivity index (χ4v) is 3.05. The average Bonchev–Trinajstić information content (AvgIpc) is 2.59. The molecule has 0 saturated heterocycles. The van der Waals surface area contributed by atoms with Gasteiger partial charge in [-0.2, -0.15) is 0 Å². The van der Waals surface area contributed by atoms with Gasteiger partial charge in [0, 0.05) is 17.7 Å². The summed E-state index contributed by atoms with van der Waals surface area (Å²) in [7, 11) is 1.55. The number of carbonyl (C=O) groups excluding carboxylic acids is 1. The zero-order valence-electron chi connectivity index (χ0n) is 12.8. The number of ketones is 1. The van der Waals surface area contributed by atoms with Crippen LogP contribution in [0.25, 0.3) is 0 Å². The van der Waals surface area contributed by atoms with Gasteiger partial charge in [-0.3, -0.25) is 9.59 Å². The lowest BCUT2D eigenvalue weighted by atomic mass is 10.1. The van der Waals surface area contributed by atoms with Crippen molar-refractivity contribution in [1.29, 1.82) is 0 Å². The molecule has 0 amide bonds. The molecule has 0 heterocycles. The van der Waals surface area contributed by atoms with E-state index < -0.39 is 11.2 Å². The van der Waals surface area contributed by atoms with E-state index in [9.17, 15) is 14.7 Å². The van der Waals surface area contributed by atoms with Gasteiger partial charge < -0.3 is 9.84 Å². The Morgan fingerprint density at radius 2 is 1.74 bits per heavy atom. The highest BCUT2D eigenvalue weighted by molar-refractivity contribution is 7.99. The number of rotatable bonds is 8. The van der Waals surface area contributed by atoms with Gasteiger partial charge in [0.25, 0.3) is 0 Å². The number of aliphatic carboxylic acids is 1. The maximum atomic E-state index is 12.3. The van der Waals surface area contributed by atoms with E-state index in [1.165, 1.54) is 11.8 Å². The summed E-state index contributed by atoms with van der Waals surface area (Å²) in [4.78, 5) is 23.6. The number of carbonyl (C=O) groups is 2. The summed E-state index contributed by atoms with van der Waals surface area (Å²) < 4.78 is 5.05. The zero-order chi connectivity index (χ0) is 16.7. The number of thioether (sulfide) groups is 1. The van der Waals surface area contributed by atoms with E-state index in [4.69, 9.17) is 4.74 Å². The maximum absolute atomic E-state index is 12.3. The molecule has 0 aromatic heterocycles. The molecule has 2 rings (SSSR count). The van der Waals surface area contributed by atoms with Gasteiger partial charge in [-0.25, -0.2) is 0 Å². The average molecular weight is 330 g/mol. The van der Waals surface area contributed by atoms with E-state index in [1.54, 1.807) is 31.4 Å². The molecule has 0 radical (unpaired) electrons. The second-order valence-corrected chi connectivity index (χ2v) is 6.17. The molecule has 5 heteroatoms. The molecule has 0 aliphatic carbocycles. The van der Waals surface area contributed by atoms with Gasteiger partial charge in [-0.1, -0.05) is 30.3 Å². The van der Waals surface area contributed by atoms with Crippen LogP contribution in [0, 0.1) is 0 Å². The predicted molar refractivity (Wildman–Crippen MR) is 91.1 cm³/mol. The van der Waals surface area contributed by atoms with Crippen molar-refractivity contribution in [2.75, 3.05) is 7.11 Å². The number of carboxylic acids is 1. The maximum Gasteiger partial charge on any atom is 0.317 e. The topological polar surface area (TPSA) is 63.6 Å². The minimum atomic E-state index is -0.965. The second-order valence-electron chi connectivity index (χ2n) is 4.98. The van der Waals surface area contributed by atoms with Crippen molar-refractivity contribution in [2.45, 2.75) is 17.4 Å². The molecule has 2 aromatic carbocycles. The summed E-state index contributed by atoms with van der Waals surface area (Å²) in [5.74, 6) is 0.0800. The van der Waals surface area contributed by atoms with E-state index in [-0.39, 0.29) is 12.2 Å². The fraction of sp³-hybridized carbons (Fsp3) is 0.222. The number of Topliss-reactive ketones (excluding diaryl/α,β-unsaturated/α-hetero) is 1. The van der Waals surface area contributed by atoms with Gasteiger partial charge in [0.1, 0.15) is 11.0 Å². The number of hydrogen-bond donors (Lipinski definition) is 1. The monoisotopic (exact) mass is 330 g/mol. The summed E-state index contributed by atoms with van der Waals surface area (Å²) in [5.41, 5.74) is 1.54. The molecule has 2 aromatic rings. The van der Waals surface area contributed by atoms with Crippen molar-refractivity contribution in [3.8, 4) is 5.75 Å². The lowest BCUT2D eigenvalue weighted by molar-refractivity contribution is -0.136. The molecule has 0 aliphatic heterocycles. The van der Waals surface area contributed by atoms with Crippen LogP contribution in [0.5, 0.6) is 5.75 Å². The summed E-state index contributed by atoms with van der Waals surface area (Å²) in [5, 5.41) is 8.58. The van der Waals surface area contributed by atoms with Crippen molar-refractivity contribution in [2.24, 2.45) is 0 Å². The minimum absolute atomic E-state index is 0.0286. The first-order chi connectivity index (χ1) is 11.1. The molecule has 0 spiro atoms. The van der Waals surface area contributed by atoms with E-state index in [1.807, 2.05) is 30.3 Å². The summed E-state index contributed by atoms with van der Waals surface area (Å²) in [6.07, 6.45) is -0.0286. The number of ether oxygens (including phenoxy) is 1. The lowest BCUT2D eigenvalue weighted by Crippen LogP contribution is -2.21. The Morgan fingerprint density at radius 1 is 1.09 bits per heavy atom. The van der Waals surface area contributed by atoms with Crippen LogP contribution in [0.2, 0.25) is 0 Å². The Kier molecular flexibility index (Phi) is 6.23. The third kappa shape index (κ3) is 5.14. The molecule has 0 saturated carbocycles. The van der Waals surface area contributed by atoms with Gasteiger partial charge in [0.15, 0.2) is 5.78 Å². The number of methoxy groups -OCH3 is 1. The number of benzene rings is 2. The standard InChI is InChI=1S/C18H18O4S/c1-22-15-9-7-14(8-10-15)16(19)11-17(18(20)21)23-12-13-5-3-2-4-6-13/h2-10,17H,11-12H2,1H3,(H,20,21). The first-order valence-corrected chi connectivity index (χ1v) is 8.20. The van der Waals surface area contributed by atoms with Crippen LogP contribution in [0.3, 0.4) is 0 Å². The molecule has 23 heavy (non-hydrogen) atoms. The van der Waals surface area contributed by atoms with Gasteiger partial charge >= 0.3 is 5.97 Å². The normalized spacial score (nSPS) is 11.7. The minimum Gasteiger partial charge on any atom is -0.497 e. The van der Waals surface area contributed by atoms with Gasteiger partial charge in [0.05, 0.1) is 7.11 Å². The largest absolute Gasteiger partial charge is 0.497 e. The van der Waals surface area contributed by atoms with E-state index in [0.29, 0.717) is 17.1 Å². The predicted octanol–water partition coefficient (Wildman–Crippen LogP) is 3.65. The van der Waals surface area contributed by atoms with Gasteiger partial charge in [0.2, 0.25) is 0 Å². The molecule has 1 unspecified atom stereocenters. The number of carboxylic acid groups (broad SMARTS) is 1. The molecule has 0 aliphatic rings. The van der Waals surface area contributed by atoms with Crippen LogP contribution in [-0.2, 0) is 10.5 Å². The van der Waals surface area contributed by atoms with Crippen molar-refractivity contribution in [3.05, 3.63) is 65.7 Å². The third-order valence-electron chi connectivity index (χ3n) is 3.35. The van der Waals surface area contributed by atoms with Crippen molar-refractivity contribution < 1.29 is 19.4 Å². The van der Waals surface area contributed by atoms with Crippen molar-refractivity contribution in [1.82, 2.24) is 0 Å². The highest BCUT2D eigenvalue weighted by Crippen LogP contribution is 2.23. The number of hydrogen-bond acceptors (Lipinski definition) is 4. The summed E-state index contributed by atoms with van der Waals surface area (Å²) in [6, 6.07) is 16.3. The molecular formula is C18H18O4S. The Hall–Kier alpha value is -2.27. The van der Waals surface area contributed by atoms with E-state index in [2.05, 4.69) is 0 Å². The van der Waals surface area contributed by atoms with Crippen LogP contribution in [-0.4, -0.2) is 29.2 Å². The fourth-order valence-electron chi connectivity index (χ4n) is 2.05. The highest BCUT2D eigenvalue weighted by atomic mass is 32.2. The molecule has 1 atom stereocenters. The smallest absolute Gasteiger partial charge is 0.317 e. The second kappa shape index (κ2) is 8.39. The summed E-state index contributed by atoms with van der Waals surface area (Å²) >= 11 is 1.27. The molecule has 1 N–H and O–H groups in total. The van der Waals surface area contributed by atoms with Crippen molar-refractivity contribution >= 4 is 23.5 Å². The lowest BCUT2D eigenvalue weighted by Gasteiger charge is -2.11. The molecule has 0 fully saturated rings. The summed E-state index contributed by atoms with van der Waals surface area (Å²) in [6.45, 7) is 0. The van der Waals surface area contributed by atoms with E-state index in [0.717, 1.165) is 5.56 Å². The SMILES string of the molecule is COc1ccc(C(=O)CC(SCc2ccccc2)C(=O)O)cc1. The first kappa shape index (κ1) is 17.1. The van der Waals surface area contributed by atoms with Crippen LogP contribution in [0.15, 0.2) is 54.6 Å². The molecule has 0 bridgehead atoms. The Balaban J connectivity index is 1.97. The Morgan fingerprint density at radius 3 is 2.30 bits per heavy atom. The first-order valence-electron chi connectivity index (χ1n) is 7.15. The highest BCUT2D eigenvalue weighted by Gasteiger charge is 2.22. The van der Waals surface area contributed by atoms with Gasteiger partial charge in [-0.15, -0.1) is 11.8 Å². The van der Waals surface area contributed by atoms with Crippen LogP contribution < -0.4 is 4.74 Å².